The summed E-state index contributed by atoms with van der Waals surface area (Å²) in [5.74, 6) is -0.451. The largest absolute Gasteiger partial charge is 0.465 e. The Bertz CT molecular complexity index is 712. The highest BCUT2D eigenvalue weighted by Crippen LogP contribution is 2.22. The second-order valence-electron chi connectivity index (χ2n) is 5.90. The van der Waals surface area contributed by atoms with Crippen LogP contribution in [0.5, 0.6) is 0 Å². The number of amides is 1. The molecule has 1 amide bonds. The second-order valence-corrected chi connectivity index (χ2v) is 5.90. The number of hydrogen-bond acceptors (Lipinski definition) is 4. The number of methoxy groups -OCH3 is 1. The summed E-state index contributed by atoms with van der Waals surface area (Å²) in [6, 6.07) is 7.29. The number of nitrogens with zero attached hydrogens (tertiary/aromatic N) is 2. The summed E-state index contributed by atoms with van der Waals surface area (Å²) in [6.45, 7) is 5.39. The zero-order valence-electron chi connectivity index (χ0n) is 13.4. The highest BCUT2D eigenvalue weighted by molar-refractivity contribution is 6.04. The van der Waals surface area contributed by atoms with Gasteiger partial charge in [-0.05, 0) is 26.8 Å². The summed E-state index contributed by atoms with van der Waals surface area (Å²) >= 11 is 0. The van der Waals surface area contributed by atoms with Gasteiger partial charge in [-0.3, -0.25) is 4.68 Å². The van der Waals surface area contributed by atoms with Crippen molar-refractivity contribution >= 4 is 23.0 Å². The lowest BCUT2D eigenvalue weighted by atomic mass is 10.2. The average molecular weight is 304 g/mol. The van der Waals surface area contributed by atoms with E-state index in [1.807, 2.05) is 18.2 Å². The van der Waals surface area contributed by atoms with Gasteiger partial charge in [0.2, 0.25) is 0 Å². The van der Waals surface area contributed by atoms with Gasteiger partial charge in [-0.2, -0.15) is 0 Å². The molecule has 6 heteroatoms. The Morgan fingerprint density at radius 1 is 1.18 bits per heavy atom. The van der Waals surface area contributed by atoms with Crippen molar-refractivity contribution in [3.63, 3.8) is 0 Å². The topological polar surface area (TPSA) is 60.8 Å². The van der Waals surface area contributed by atoms with Gasteiger partial charge < -0.3 is 9.47 Å². The van der Waals surface area contributed by atoms with Crippen molar-refractivity contribution in [2.75, 3.05) is 19.2 Å². The molecule has 0 aliphatic rings. The smallest absolute Gasteiger partial charge is 0.429 e. The van der Waals surface area contributed by atoms with Crippen LogP contribution < -0.4 is 5.01 Å². The van der Waals surface area contributed by atoms with E-state index in [1.165, 1.54) is 12.1 Å². The Balaban J connectivity index is 2.47. The van der Waals surface area contributed by atoms with Crippen LogP contribution in [0.25, 0.3) is 10.9 Å². The number of benzene rings is 1. The molecule has 6 nitrogen and oxygen atoms in total. The quantitative estimate of drug-likeness (QED) is 0.800. The lowest BCUT2D eigenvalue weighted by Crippen LogP contribution is -2.40. The van der Waals surface area contributed by atoms with Gasteiger partial charge in [0, 0.05) is 18.6 Å². The van der Waals surface area contributed by atoms with Gasteiger partial charge in [0.15, 0.2) is 0 Å². The Kier molecular flexibility index (Phi) is 4.12. The van der Waals surface area contributed by atoms with Crippen LogP contribution in [0.1, 0.15) is 31.1 Å². The number of fused-ring (bicyclic) bond motifs is 1. The summed E-state index contributed by atoms with van der Waals surface area (Å²) in [7, 11) is 2.91. The molecule has 0 aliphatic carbocycles. The molecule has 0 N–H and O–H groups in total. The highest BCUT2D eigenvalue weighted by Gasteiger charge is 2.23. The van der Waals surface area contributed by atoms with Crippen molar-refractivity contribution in [1.82, 2.24) is 4.68 Å². The summed E-state index contributed by atoms with van der Waals surface area (Å²) in [5, 5.41) is 2.03. The molecule has 118 valence electrons. The molecule has 0 spiro atoms. The van der Waals surface area contributed by atoms with Crippen molar-refractivity contribution in [3.05, 3.63) is 36.0 Å². The van der Waals surface area contributed by atoms with Crippen molar-refractivity contribution in [2.45, 2.75) is 26.4 Å². The molecule has 1 aromatic carbocycles. The van der Waals surface area contributed by atoms with Gasteiger partial charge in [-0.25, -0.2) is 14.6 Å². The number of esters is 1. The first kappa shape index (κ1) is 15.9. The van der Waals surface area contributed by atoms with Crippen molar-refractivity contribution < 1.29 is 19.1 Å². The molecule has 0 saturated heterocycles. The number of carbonyl (C=O) groups excluding carboxylic acids is 2. The highest BCUT2D eigenvalue weighted by atomic mass is 16.6. The molecule has 2 aromatic rings. The number of aromatic nitrogens is 1. The fourth-order valence-electron chi connectivity index (χ4n) is 2.10. The van der Waals surface area contributed by atoms with Crippen LogP contribution in [0.4, 0.5) is 4.79 Å². The van der Waals surface area contributed by atoms with Crippen molar-refractivity contribution in [3.8, 4) is 0 Å². The van der Waals surface area contributed by atoms with Crippen LogP contribution in [0.2, 0.25) is 0 Å². The fourth-order valence-corrected chi connectivity index (χ4v) is 2.10. The van der Waals surface area contributed by atoms with Crippen LogP contribution in [0, 0.1) is 0 Å². The number of para-hydroxylation sites is 1. The van der Waals surface area contributed by atoms with E-state index < -0.39 is 17.7 Å². The first-order valence-electron chi connectivity index (χ1n) is 6.90. The first-order chi connectivity index (χ1) is 10.2. The minimum absolute atomic E-state index is 0.397. The van der Waals surface area contributed by atoms with E-state index in [0.717, 1.165) is 5.52 Å². The summed E-state index contributed by atoms with van der Waals surface area (Å²) in [6.07, 6.45) is 1.06. The van der Waals surface area contributed by atoms with Gasteiger partial charge in [-0.1, -0.05) is 18.2 Å². The standard InChI is InChI=1S/C16H20N2O4/c1-16(2,3)22-15(20)17(4)18-10-12(14(19)21-5)11-8-6-7-9-13(11)18/h6-10H,1-5H3. The zero-order valence-corrected chi connectivity index (χ0v) is 13.4. The number of ether oxygens (including phenoxy) is 2. The molecule has 22 heavy (non-hydrogen) atoms. The zero-order chi connectivity index (χ0) is 16.5. The van der Waals surface area contributed by atoms with Gasteiger partial charge >= 0.3 is 12.1 Å². The van der Waals surface area contributed by atoms with Gasteiger partial charge in [-0.15, -0.1) is 0 Å². The number of rotatable bonds is 2. The summed E-state index contributed by atoms with van der Waals surface area (Å²) in [4.78, 5) is 24.1. The summed E-state index contributed by atoms with van der Waals surface area (Å²) < 4.78 is 11.7. The van der Waals surface area contributed by atoms with Crippen molar-refractivity contribution in [1.29, 1.82) is 0 Å². The lowest BCUT2D eigenvalue weighted by Gasteiger charge is -2.25. The van der Waals surface area contributed by atoms with Crippen LogP contribution >= 0.6 is 0 Å². The van der Waals surface area contributed by atoms with E-state index in [9.17, 15) is 9.59 Å². The third-order valence-corrected chi connectivity index (χ3v) is 3.08. The third-order valence-electron chi connectivity index (χ3n) is 3.08. The van der Waals surface area contributed by atoms with E-state index >= 15 is 0 Å². The average Bonchev–Trinajstić information content (AvgIpc) is 2.83. The molecule has 1 aromatic heterocycles. The second kappa shape index (κ2) is 5.71. The van der Waals surface area contributed by atoms with E-state index in [2.05, 4.69) is 0 Å². The third kappa shape index (κ3) is 3.05. The van der Waals surface area contributed by atoms with Gasteiger partial charge in [0.25, 0.3) is 0 Å². The van der Waals surface area contributed by atoms with E-state index in [-0.39, 0.29) is 0 Å². The predicted molar refractivity (Wildman–Crippen MR) is 83.7 cm³/mol. The number of carbonyl (C=O) groups is 2. The normalized spacial score (nSPS) is 11.3. The molecule has 0 fully saturated rings. The van der Waals surface area contributed by atoms with Gasteiger partial charge in [0.05, 0.1) is 18.2 Å². The maximum absolute atomic E-state index is 12.2. The van der Waals surface area contributed by atoms with Crippen LogP contribution in [-0.2, 0) is 9.47 Å². The van der Waals surface area contributed by atoms with E-state index in [4.69, 9.17) is 9.47 Å². The lowest BCUT2D eigenvalue weighted by molar-refractivity contribution is 0.0547. The molecular weight excluding hydrogens is 284 g/mol. The molecule has 0 radical (unpaired) electrons. The Morgan fingerprint density at radius 2 is 1.82 bits per heavy atom. The molecule has 1 heterocycles. The molecule has 0 bridgehead atoms. The minimum atomic E-state index is -0.598. The molecule has 0 unspecified atom stereocenters. The SMILES string of the molecule is COC(=O)c1cn(N(C)C(=O)OC(C)(C)C)c2ccccc12. The fraction of sp³-hybridized carbons (Fsp3) is 0.375. The van der Waals surface area contributed by atoms with Gasteiger partial charge in [0.1, 0.15) is 5.60 Å². The molecule has 0 aliphatic heterocycles. The molecule has 0 atom stereocenters. The first-order valence-corrected chi connectivity index (χ1v) is 6.90. The van der Waals surface area contributed by atoms with Crippen LogP contribution in [-0.4, -0.2) is 36.5 Å². The number of hydrogen-bond donors (Lipinski definition) is 0. The monoisotopic (exact) mass is 304 g/mol. The summed E-state index contributed by atoms with van der Waals surface area (Å²) in [5.41, 5.74) is 0.518. The Labute approximate surface area is 129 Å². The minimum Gasteiger partial charge on any atom is -0.465 e. The molecule has 2 rings (SSSR count). The van der Waals surface area contributed by atoms with Crippen molar-refractivity contribution in [2.24, 2.45) is 0 Å². The maximum atomic E-state index is 12.2. The maximum Gasteiger partial charge on any atom is 0.429 e. The van der Waals surface area contributed by atoms with Crippen LogP contribution in [0.3, 0.4) is 0 Å². The van der Waals surface area contributed by atoms with E-state index in [1.54, 1.807) is 44.8 Å². The molecular formula is C16H20N2O4. The Morgan fingerprint density at radius 3 is 2.41 bits per heavy atom. The van der Waals surface area contributed by atoms with Crippen LogP contribution in [0.15, 0.2) is 30.5 Å². The Hall–Kier alpha value is -2.50. The molecule has 0 saturated carbocycles. The van der Waals surface area contributed by atoms with E-state index in [0.29, 0.717) is 10.9 Å². The predicted octanol–water partition coefficient (Wildman–Crippen LogP) is 2.93.